The van der Waals surface area contributed by atoms with Gasteiger partial charge in [0.25, 0.3) is 0 Å². The van der Waals surface area contributed by atoms with Crippen molar-refractivity contribution in [2.45, 2.75) is 27.7 Å². The van der Waals surface area contributed by atoms with Crippen LogP contribution in [0.3, 0.4) is 0 Å². The van der Waals surface area contributed by atoms with Crippen LogP contribution in [0.2, 0.25) is 0 Å². The van der Waals surface area contributed by atoms with Crippen LogP contribution in [0.15, 0.2) is 36.5 Å². The Kier molecular flexibility index (Phi) is 8.98. The van der Waals surface area contributed by atoms with Gasteiger partial charge in [-0.15, -0.1) is 0 Å². The van der Waals surface area contributed by atoms with Gasteiger partial charge in [0.15, 0.2) is 5.78 Å². The highest BCUT2D eigenvalue weighted by Crippen LogP contribution is 1.86. The third kappa shape index (κ3) is 23.1. The molecule has 0 amide bonds. The van der Waals surface area contributed by atoms with Gasteiger partial charge in [0, 0.05) is 0 Å². The highest BCUT2D eigenvalue weighted by molar-refractivity contribution is 5.87. The number of hydrogen-bond acceptors (Lipinski definition) is 1. The first-order chi connectivity index (χ1) is 5.40. The molecule has 0 unspecified atom stereocenters. The van der Waals surface area contributed by atoms with Crippen LogP contribution in [0.5, 0.6) is 0 Å². The van der Waals surface area contributed by atoms with Crippen LogP contribution in [0.1, 0.15) is 27.7 Å². The van der Waals surface area contributed by atoms with E-state index in [1.807, 2.05) is 20.8 Å². The van der Waals surface area contributed by atoms with Gasteiger partial charge in [-0.1, -0.05) is 30.4 Å². The summed E-state index contributed by atoms with van der Waals surface area (Å²) in [5, 5.41) is 0. The standard InChI is InChI=1S/C6H10O.C5H8/c1-5(2)4-6(3)7;1-4-5(2)3/h4H,1-3H3;4H,1-2H2,3H3. The zero-order valence-electron chi connectivity index (χ0n) is 8.48. The van der Waals surface area contributed by atoms with Gasteiger partial charge in [0.05, 0.1) is 0 Å². The fourth-order valence-corrected chi connectivity index (χ4v) is 0.407. The van der Waals surface area contributed by atoms with Crippen LogP contribution >= 0.6 is 0 Å². The lowest BCUT2D eigenvalue weighted by Gasteiger charge is -1.80. The molecule has 0 atom stereocenters. The molecule has 0 aromatic rings. The van der Waals surface area contributed by atoms with Crippen molar-refractivity contribution < 1.29 is 4.79 Å². The zero-order valence-corrected chi connectivity index (χ0v) is 8.48. The molecule has 1 heteroatoms. The van der Waals surface area contributed by atoms with Crippen molar-refractivity contribution in [2.75, 3.05) is 0 Å². The normalized spacial score (nSPS) is 7.33. The molecule has 0 N–H and O–H groups in total. The minimum absolute atomic E-state index is 0.125. The van der Waals surface area contributed by atoms with Gasteiger partial charge < -0.3 is 0 Å². The molecular weight excluding hydrogens is 148 g/mol. The first-order valence-electron chi connectivity index (χ1n) is 3.83. The number of rotatable bonds is 2. The fourth-order valence-electron chi connectivity index (χ4n) is 0.407. The van der Waals surface area contributed by atoms with E-state index < -0.39 is 0 Å². The van der Waals surface area contributed by atoms with E-state index in [4.69, 9.17) is 0 Å². The maximum absolute atomic E-state index is 10.2. The van der Waals surface area contributed by atoms with Gasteiger partial charge >= 0.3 is 0 Å². The lowest BCUT2D eigenvalue weighted by atomic mass is 10.3. The van der Waals surface area contributed by atoms with E-state index in [2.05, 4.69) is 13.2 Å². The Balaban J connectivity index is 0. The molecule has 0 aliphatic rings. The first-order valence-corrected chi connectivity index (χ1v) is 3.83. The number of ketones is 1. The van der Waals surface area contributed by atoms with Crippen LogP contribution in [0.4, 0.5) is 0 Å². The number of carbonyl (C=O) groups is 1. The van der Waals surface area contributed by atoms with Gasteiger partial charge in [-0.25, -0.2) is 0 Å². The predicted octanol–water partition coefficient (Wildman–Crippen LogP) is 3.29. The average Bonchev–Trinajstić information content (AvgIpc) is 1.85. The molecule has 0 aliphatic heterocycles. The lowest BCUT2D eigenvalue weighted by Crippen LogP contribution is -1.80. The van der Waals surface area contributed by atoms with Crippen LogP contribution < -0.4 is 0 Å². The molecule has 0 fully saturated rings. The van der Waals surface area contributed by atoms with Gasteiger partial charge in [0.2, 0.25) is 0 Å². The van der Waals surface area contributed by atoms with Crippen molar-refractivity contribution in [1.29, 1.82) is 0 Å². The first kappa shape index (κ1) is 13.5. The summed E-state index contributed by atoms with van der Waals surface area (Å²) in [4.78, 5) is 10.2. The Morgan fingerprint density at radius 2 is 1.50 bits per heavy atom. The maximum Gasteiger partial charge on any atom is 0.152 e. The van der Waals surface area contributed by atoms with Crippen molar-refractivity contribution in [3.05, 3.63) is 36.5 Å². The second-order valence-electron chi connectivity index (χ2n) is 2.88. The summed E-state index contributed by atoms with van der Waals surface area (Å²) in [7, 11) is 0. The molecule has 0 rings (SSSR count). The van der Waals surface area contributed by atoms with Gasteiger partial charge in [-0.3, -0.25) is 4.79 Å². The van der Waals surface area contributed by atoms with Crippen LogP contribution in [0, 0.1) is 0 Å². The number of hydrogen-bond donors (Lipinski definition) is 0. The zero-order chi connectivity index (χ0) is 10.1. The fraction of sp³-hybridized carbons (Fsp3) is 0.364. The van der Waals surface area contributed by atoms with Gasteiger partial charge in [-0.05, 0) is 33.8 Å². The van der Waals surface area contributed by atoms with Crippen molar-refractivity contribution >= 4 is 5.78 Å². The SMILES string of the molecule is C=CC(=C)C.CC(=O)C=C(C)C. The Labute approximate surface area is 75.5 Å². The maximum atomic E-state index is 10.2. The lowest BCUT2D eigenvalue weighted by molar-refractivity contribution is -0.112. The molecular formula is C11H18O. The average molecular weight is 166 g/mol. The van der Waals surface area contributed by atoms with Crippen molar-refractivity contribution in [1.82, 2.24) is 0 Å². The summed E-state index contributed by atoms with van der Waals surface area (Å²) < 4.78 is 0. The summed E-state index contributed by atoms with van der Waals surface area (Å²) >= 11 is 0. The van der Waals surface area contributed by atoms with E-state index in [0.29, 0.717) is 0 Å². The summed E-state index contributed by atoms with van der Waals surface area (Å²) in [6, 6.07) is 0. The minimum atomic E-state index is 0.125. The van der Waals surface area contributed by atoms with E-state index >= 15 is 0 Å². The van der Waals surface area contributed by atoms with Gasteiger partial charge in [0.1, 0.15) is 0 Å². The molecule has 0 saturated carbocycles. The smallest absolute Gasteiger partial charge is 0.152 e. The molecule has 68 valence electrons. The molecule has 0 aromatic carbocycles. The van der Waals surface area contributed by atoms with Crippen molar-refractivity contribution in [3.63, 3.8) is 0 Å². The van der Waals surface area contributed by atoms with E-state index in [-0.39, 0.29) is 5.78 Å². The third-order valence-corrected chi connectivity index (χ3v) is 0.840. The molecule has 12 heavy (non-hydrogen) atoms. The van der Waals surface area contributed by atoms with Gasteiger partial charge in [-0.2, -0.15) is 0 Å². The highest BCUT2D eigenvalue weighted by Gasteiger charge is 1.80. The Morgan fingerprint density at radius 3 is 1.50 bits per heavy atom. The highest BCUT2D eigenvalue weighted by atomic mass is 16.1. The molecule has 0 heterocycles. The van der Waals surface area contributed by atoms with E-state index in [0.717, 1.165) is 11.1 Å². The Bertz CT molecular complexity index is 193. The van der Waals surface area contributed by atoms with Crippen molar-refractivity contribution in [3.8, 4) is 0 Å². The molecule has 0 spiro atoms. The largest absolute Gasteiger partial charge is 0.295 e. The minimum Gasteiger partial charge on any atom is -0.295 e. The van der Waals surface area contributed by atoms with E-state index in [1.165, 1.54) is 0 Å². The van der Waals surface area contributed by atoms with Crippen LogP contribution in [-0.4, -0.2) is 5.78 Å². The summed E-state index contributed by atoms with van der Waals surface area (Å²) in [5.74, 6) is 0.125. The molecule has 0 radical (unpaired) electrons. The second-order valence-corrected chi connectivity index (χ2v) is 2.88. The second kappa shape index (κ2) is 7.99. The predicted molar refractivity (Wildman–Crippen MR) is 55.1 cm³/mol. The molecule has 1 nitrogen and oxygen atoms in total. The van der Waals surface area contributed by atoms with Crippen molar-refractivity contribution in [2.24, 2.45) is 0 Å². The van der Waals surface area contributed by atoms with Crippen LogP contribution in [0.25, 0.3) is 0 Å². The topological polar surface area (TPSA) is 17.1 Å². The quantitative estimate of drug-likeness (QED) is 0.454. The molecule has 0 saturated heterocycles. The summed E-state index contributed by atoms with van der Waals surface area (Å²) in [5.41, 5.74) is 2.08. The number of allylic oxidation sites excluding steroid dienone is 4. The third-order valence-electron chi connectivity index (χ3n) is 0.840. The van der Waals surface area contributed by atoms with E-state index in [9.17, 15) is 4.79 Å². The van der Waals surface area contributed by atoms with E-state index in [1.54, 1.807) is 19.1 Å². The number of carbonyl (C=O) groups excluding carboxylic acids is 1. The Morgan fingerprint density at radius 1 is 1.17 bits per heavy atom. The molecule has 0 bridgehead atoms. The van der Waals surface area contributed by atoms with Crippen LogP contribution in [-0.2, 0) is 4.79 Å². The molecule has 0 aliphatic carbocycles. The molecule has 0 aromatic heterocycles. The monoisotopic (exact) mass is 166 g/mol. The summed E-state index contributed by atoms with van der Waals surface area (Å²) in [6.07, 6.45) is 3.33. The summed E-state index contributed by atoms with van der Waals surface area (Å²) in [6.45, 7) is 14.3. The Hall–Kier alpha value is -1.11.